The van der Waals surface area contributed by atoms with Gasteiger partial charge in [-0.05, 0) is 23.6 Å². The largest absolute Gasteiger partial charge is 0.366 e. The Morgan fingerprint density at radius 1 is 1.14 bits per heavy atom. The minimum Gasteiger partial charge on any atom is -0.366 e. The van der Waals surface area contributed by atoms with Gasteiger partial charge in [0.15, 0.2) is 0 Å². The lowest BCUT2D eigenvalue weighted by molar-refractivity contribution is 1.11. The Morgan fingerprint density at radius 2 is 2.05 bits per heavy atom. The first-order valence-electron chi connectivity index (χ1n) is 6.47. The Labute approximate surface area is 127 Å². The molecule has 1 radical (unpaired) electrons. The molecular formula is C17H12N3S. The first-order valence-corrected chi connectivity index (χ1v) is 7.35. The molecule has 1 N–H and O–H groups in total. The summed E-state index contributed by atoms with van der Waals surface area (Å²) in [6.45, 7) is 0.743. The van der Waals surface area contributed by atoms with E-state index in [0.717, 1.165) is 22.8 Å². The van der Waals surface area contributed by atoms with Gasteiger partial charge in [-0.25, -0.2) is 9.97 Å². The van der Waals surface area contributed by atoms with Crippen molar-refractivity contribution >= 4 is 17.2 Å². The fourth-order valence-electron chi connectivity index (χ4n) is 1.77. The second kappa shape index (κ2) is 6.69. The topological polar surface area (TPSA) is 37.8 Å². The van der Waals surface area contributed by atoms with E-state index in [0.29, 0.717) is 0 Å². The molecule has 0 fully saturated rings. The molecule has 0 spiro atoms. The van der Waals surface area contributed by atoms with Gasteiger partial charge in [-0.15, -0.1) is 11.3 Å². The third-order valence-electron chi connectivity index (χ3n) is 2.79. The molecule has 2 aromatic heterocycles. The molecule has 2 heterocycles. The van der Waals surface area contributed by atoms with Crippen LogP contribution in [-0.2, 0) is 6.54 Å². The molecule has 101 valence electrons. The van der Waals surface area contributed by atoms with E-state index in [2.05, 4.69) is 45.5 Å². The lowest BCUT2D eigenvalue weighted by Crippen LogP contribution is -2.01. The summed E-state index contributed by atoms with van der Waals surface area (Å²) < 4.78 is 0. The van der Waals surface area contributed by atoms with Crippen molar-refractivity contribution in [1.29, 1.82) is 0 Å². The molecule has 3 rings (SSSR count). The van der Waals surface area contributed by atoms with Crippen molar-refractivity contribution < 1.29 is 0 Å². The number of benzene rings is 1. The minimum absolute atomic E-state index is 0.743. The second-order valence-electron chi connectivity index (χ2n) is 4.31. The highest BCUT2D eigenvalue weighted by Gasteiger charge is 1.96. The van der Waals surface area contributed by atoms with Gasteiger partial charge < -0.3 is 5.32 Å². The van der Waals surface area contributed by atoms with Gasteiger partial charge in [0.05, 0.1) is 5.51 Å². The zero-order chi connectivity index (χ0) is 14.3. The van der Waals surface area contributed by atoms with Crippen LogP contribution in [-0.4, -0.2) is 9.97 Å². The lowest BCUT2D eigenvalue weighted by Gasteiger charge is -2.05. The Morgan fingerprint density at radius 3 is 2.86 bits per heavy atom. The van der Waals surface area contributed by atoms with Crippen molar-refractivity contribution in [3.05, 3.63) is 76.4 Å². The predicted octanol–water partition coefficient (Wildman–Crippen LogP) is 3.35. The molecule has 4 heteroatoms. The van der Waals surface area contributed by atoms with Crippen LogP contribution in [0.2, 0.25) is 0 Å². The zero-order valence-electron chi connectivity index (χ0n) is 11.2. The van der Waals surface area contributed by atoms with E-state index < -0.39 is 0 Å². The van der Waals surface area contributed by atoms with E-state index in [9.17, 15) is 0 Å². The monoisotopic (exact) mass is 290 g/mol. The number of thiazole rings is 1. The maximum absolute atomic E-state index is 4.30. The number of hydrogen-bond acceptors (Lipinski definition) is 4. The summed E-state index contributed by atoms with van der Waals surface area (Å²) in [5, 5.41) is 3.30. The fourth-order valence-corrected chi connectivity index (χ4v) is 2.20. The Balaban J connectivity index is 1.68. The SMILES string of the molecule is C(#Cc1[c]ncs1)c1ccnc(NCc2ccccc2)c1. The van der Waals surface area contributed by atoms with Crippen LogP contribution in [0.1, 0.15) is 16.0 Å². The quantitative estimate of drug-likeness (QED) is 0.752. The van der Waals surface area contributed by atoms with Gasteiger partial charge >= 0.3 is 0 Å². The number of anilines is 1. The smallest absolute Gasteiger partial charge is 0.127 e. The van der Waals surface area contributed by atoms with Crippen molar-refractivity contribution in [2.75, 3.05) is 5.32 Å². The van der Waals surface area contributed by atoms with Gasteiger partial charge in [0.1, 0.15) is 16.9 Å². The summed E-state index contributed by atoms with van der Waals surface area (Å²) in [5.74, 6) is 6.95. The lowest BCUT2D eigenvalue weighted by atomic mass is 10.2. The molecule has 0 unspecified atom stereocenters. The minimum atomic E-state index is 0.743. The van der Waals surface area contributed by atoms with Crippen molar-refractivity contribution in [3.8, 4) is 11.8 Å². The molecule has 1 aromatic carbocycles. The molecular weight excluding hydrogens is 278 g/mol. The molecule has 3 aromatic rings. The highest BCUT2D eigenvalue weighted by atomic mass is 32.1. The van der Waals surface area contributed by atoms with Crippen LogP contribution >= 0.6 is 11.3 Å². The average Bonchev–Trinajstić information content (AvgIpc) is 3.06. The Hall–Kier alpha value is -2.64. The van der Waals surface area contributed by atoms with Crippen molar-refractivity contribution in [1.82, 2.24) is 9.97 Å². The van der Waals surface area contributed by atoms with Crippen LogP contribution in [0.4, 0.5) is 5.82 Å². The van der Waals surface area contributed by atoms with Crippen LogP contribution < -0.4 is 5.32 Å². The van der Waals surface area contributed by atoms with Crippen molar-refractivity contribution in [2.24, 2.45) is 0 Å². The molecule has 0 aliphatic heterocycles. The number of hydrogen-bond donors (Lipinski definition) is 1. The van der Waals surface area contributed by atoms with Gasteiger partial charge in [0.2, 0.25) is 0 Å². The van der Waals surface area contributed by atoms with Gasteiger partial charge in [-0.3, -0.25) is 0 Å². The maximum atomic E-state index is 4.30. The summed E-state index contributed by atoms with van der Waals surface area (Å²) in [6, 6.07) is 14.1. The van der Waals surface area contributed by atoms with E-state index >= 15 is 0 Å². The third-order valence-corrected chi connectivity index (χ3v) is 3.43. The van der Waals surface area contributed by atoms with Gasteiger partial charge in [-0.1, -0.05) is 36.3 Å². The number of nitrogens with zero attached hydrogens (tertiary/aromatic N) is 2. The summed E-state index contributed by atoms with van der Waals surface area (Å²) in [5.41, 5.74) is 3.86. The Bertz CT molecular complexity index is 755. The van der Waals surface area contributed by atoms with Gasteiger partial charge in [0.25, 0.3) is 0 Å². The van der Waals surface area contributed by atoms with Crippen molar-refractivity contribution in [2.45, 2.75) is 6.54 Å². The highest BCUT2D eigenvalue weighted by Crippen LogP contribution is 2.09. The first-order chi connectivity index (χ1) is 10.4. The highest BCUT2D eigenvalue weighted by molar-refractivity contribution is 7.10. The van der Waals surface area contributed by atoms with E-state index in [1.165, 1.54) is 16.9 Å². The molecule has 0 aliphatic carbocycles. The normalized spacial score (nSPS) is 9.71. The standard InChI is InChI=1S/C17H12N3S/c1-2-4-15(5-3-1)11-20-17-10-14(8-9-19-17)6-7-16-12-18-13-21-16/h1-5,8-10,13H,11H2,(H,19,20). The third kappa shape index (κ3) is 3.91. The molecule has 0 saturated heterocycles. The Kier molecular flexibility index (Phi) is 4.25. The van der Waals surface area contributed by atoms with E-state index in [-0.39, 0.29) is 0 Å². The molecule has 0 bridgehead atoms. The number of aromatic nitrogens is 2. The molecule has 0 saturated carbocycles. The first kappa shape index (κ1) is 13.3. The van der Waals surface area contributed by atoms with E-state index in [1.807, 2.05) is 30.3 Å². The molecule has 0 aliphatic rings. The summed E-state index contributed by atoms with van der Waals surface area (Å²) in [7, 11) is 0. The fraction of sp³-hybridized carbons (Fsp3) is 0.0588. The number of pyridine rings is 1. The van der Waals surface area contributed by atoms with Gasteiger partial charge in [0, 0.05) is 18.3 Å². The predicted molar refractivity (Wildman–Crippen MR) is 84.9 cm³/mol. The van der Waals surface area contributed by atoms with Crippen LogP contribution in [0.25, 0.3) is 0 Å². The summed E-state index contributed by atoms with van der Waals surface area (Å²) in [6.07, 6.45) is 4.59. The van der Waals surface area contributed by atoms with Crippen LogP contribution in [0.15, 0.2) is 54.2 Å². The summed E-state index contributed by atoms with van der Waals surface area (Å²) >= 11 is 1.48. The average molecular weight is 290 g/mol. The number of nitrogens with one attached hydrogen (secondary N) is 1. The van der Waals surface area contributed by atoms with E-state index in [1.54, 1.807) is 11.7 Å². The summed E-state index contributed by atoms with van der Waals surface area (Å²) in [4.78, 5) is 9.02. The van der Waals surface area contributed by atoms with Crippen LogP contribution in [0.5, 0.6) is 0 Å². The second-order valence-corrected chi connectivity index (χ2v) is 5.17. The van der Waals surface area contributed by atoms with Gasteiger partial charge in [-0.2, -0.15) is 0 Å². The molecule has 0 amide bonds. The van der Waals surface area contributed by atoms with Crippen molar-refractivity contribution in [3.63, 3.8) is 0 Å². The maximum Gasteiger partial charge on any atom is 0.127 e. The van der Waals surface area contributed by atoms with E-state index in [4.69, 9.17) is 0 Å². The zero-order valence-corrected chi connectivity index (χ0v) is 12.0. The molecule has 21 heavy (non-hydrogen) atoms. The molecule has 0 atom stereocenters. The van der Waals surface area contributed by atoms with Crippen LogP contribution in [0.3, 0.4) is 0 Å². The number of rotatable bonds is 3. The van der Waals surface area contributed by atoms with Crippen LogP contribution in [0, 0.1) is 18.0 Å². The molecule has 3 nitrogen and oxygen atoms in total.